The SMILES string of the molecule is C[C@]12CCC3=C(CCC4=C3C(=O)CCN4)[C@@H]1CC[C@@H]2O. The van der Waals surface area contributed by atoms with Gasteiger partial charge < -0.3 is 10.4 Å². The van der Waals surface area contributed by atoms with Crippen LogP contribution in [0, 0.1) is 11.3 Å². The molecule has 0 spiro atoms. The maximum Gasteiger partial charge on any atom is 0.166 e. The van der Waals surface area contributed by atoms with Crippen molar-refractivity contribution in [2.45, 2.75) is 58.0 Å². The second-order valence-corrected chi connectivity index (χ2v) is 7.11. The minimum absolute atomic E-state index is 0.0576. The van der Waals surface area contributed by atoms with Gasteiger partial charge in [0.2, 0.25) is 0 Å². The van der Waals surface area contributed by atoms with E-state index in [1.54, 1.807) is 0 Å². The summed E-state index contributed by atoms with van der Waals surface area (Å²) in [7, 11) is 0. The largest absolute Gasteiger partial charge is 0.393 e. The van der Waals surface area contributed by atoms with Crippen LogP contribution in [0.3, 0.4) is 0 Å². The first-order chi connectivity index (χ1) is 9.61. The highest BCUT2D eigenvalue weighted by atomic mass is 16.3. The van der Waals surface area contributed by atoms with Gasteiger partial charge in [-0.05, 0) is 50.0 Å². The molecule has 1 fully saturated rings. The lowest BCUT2D eigenvalue weighted by atomic mass is 9.62. The number of aliphatic hydroxyl groups is 1. The van der Waals surface area contributed by atoms with Gasteiger partial charge in [-0.2, -0.15) is 0 Å². The van der Waals surface area contributed by atoms with Gasteiger partial charge in [0.05, 0.1) is 6.10 Å². The molecule has 20 heavy (non-hydrogen) atoms. The second-order valence-electron chi connectivity index (χ2n) is 7.11. The predicted octanol–water partition coefficient (Wildman–Crippen LogP) is 2.46. The van der Waals surface area contributed by atoms with E-state index in [-0.39, 0.29) is 11.5 Å². The summed E-state index contributed by atoms with van der Waals surface area (Å²) in [6, 6.07) is 0. The molecule has 3 heteroatoms. The molecule has 2 N–H and O–H groups in total. The van der Waals surface area contributed by atoms with E-state index in [1.165, 1.54) is 16.8 Å². The van der Waals surface area contributed by atoms with E-state index >= 15 is 0 Å². The molecule has 1 saturated carbocycles. The van der Waals surface area contributed by atoms with Crippen LogP contribution in [0.4, 0.5) is 0 Å². The van der Waals surface area contributed by atoms with Crippen LogP contribution in [-0.2, 0) is 4.79 Å². The Balaban J connectivity index is 1.80. The maximum atomic E-state index is 12.3. The molecule has 4 rings (SSSR count). The van der Waals surface area contributed by atoms with Crippen molar-refractivity contribution in [3.63, 3.8) is 0 Å². The van der Waals surface area contributed by atoms with E-state index in [4.69, 9.17) is 0 Å². The van der Waals surface area contributed by atoms with Gasteiger partial charge in [0.25, 0.3) is 0 Å². The second kappa shape index (κ2) is 4.20. The molecule has 1 heterocycles. The summed E-state index contributed by atoms with van der Waals surface area (Å²) in [5.74, 6) is 0.845. The number of carbonyl (C=O) groups excluding carboxylic acids is 1. The van der Waals surface area contributed by atoms with Crippen molar-refractivity contribution in [1.82, 2.24) is 5.32 Å². The van der Waals surface area contributed by atoms with Gasteiger partial charge >= 0.3 is 0 Å². The van der Waals surface area contributed by atoms with Crippen molar-refractivity contribution in [3.8, 4) is 0 Å². The van der Waals surface area contributed by atoms with Crippen LogP contribution in [0.1, 0.15) is 51.9 Å². The summed E-state index contributed by atoms with van der Waals surface area (Å²) in [6.07, 6.45) is 6.59. The van der Waals surface area contributed by atoms with Gasteiger partial charge in [-0.1, -0.05) is 12.5 Å². The first-order valence-electron chi connectivity index (χ1n) is 8.02. The molecule has 3 nitrogen and oxygen atoms in total. The van der Waals surface area contributed by atoms with Crippen LogP contribution < -0.4 is 5.32 Å². The number of fused-ring (bicyclic) bond motifs is 3. The monoisotopic (exact) mass is 273 g/mol. The summed E-state index contributed by atoms with van der Waals surface area (Å²) in [6.45, 7) is 3.06. The van der Waals surface area contributed by atoms with Crippen LogP contribution >= 0.6 is 0 Å². The molecular weight excluding hydrogens is 250 g/mol. The summed E-state index contributed by atoms with van der Waals surface area (Å²) in [5.41, 5.74) is 5.14. The van der Waals surface area contributed by atoms with Crippen LogP contribution in [0.5, 0.6) is 0 Å². The Morgan fingerprint density at radius 3 is 2.90 bits per heavy atom. The fraction of sp³-hybridized carbons (Fsp3) is 0.706. The lowest BCUT2D eigenvalue weighted by Crippen LogP contribution is -2.39. The summed E-state index contributed by atoms with van der Waals surface area (Å²) < 4.78 is 0. The quantitative estimate of drug-likeness (QED) is 0.713. The Hall–Kier alpha value is -1.09. The van der Waals surface area contributed by atoms with Gasteiger partial charge in [-0.3, -0.25) is 4.79 Å². The molecule has 0 unspecified atom stereocenters. The highest BCUT2D eigenvalue weighted by molar-refractivity contribution is 6.01. The van der Waals surface area contributed by atoms with E-state index < -0.39 is 0 Å². The standard InChI is InChI=1S/C17H23NO2/c1-17-8-6-11-10(12(17)3-5-15(17)20)2-4-13-16(11)14(19)7-9-18-13/h12,15,18,20H,2-9H2,1H3/t12-,15-,17-/m0/s1. The number of hydrogen-bond acceptors (Lipinski definition) is 3. The summed E-state index contributed by atoms with van der Waals surface area (Å²) >= 11 is 0. The first kappa shape index (κ1) is 12.6. The highest BCUT2D eigenvalue weighted by Gasteiger charge is 2.51. The van der Waals surface area contributed by atoms with Crippen molar-refractivity contribution in [1.29, 1.82) is 0 Å². The average molecular weight is 273 g/mol. The number of Topliss-reactive ketones (excluding diaryl/α,β-unsaturated/α-hetero) is 1. The number of hydrogen-bond donors (Lipinski definition) is 2. The van der Waals surface area contributed by atoms with E-state index in [2.05, 4.69) is 12.2 Å². The fourth-order valence-corrected chi connectivity index (χ4v) is 5.04. The third-order valence-corrected chi connectivity index (χ3v) is 6.23. The Labute approximate surface area is 120 Å². The Morgan fingerprint density at radius 2 is 2.05 bits per heavy atom. The lowest BCUT2D eigenvalue weighted by Gasteiger charge is -2.44. The fourth-order valence-electron chi connectivity index (χ4n) is 5.04. The summed E-state index contributed by atoms with van der Waals surface area (Å²) in [5, 5.41) is 13.8. The molecule has 0 aromatic carbocycles. The average Bonchev–Trinajstić information content (AvgIpc) is 2.75. The van der Waals surface area contributed by atoms with Gasteiger partial charge in [0.1, 0.15) is 0 Å². The number of aliphatic hydroxyl groups excluding tert-OH is 1. The normalized spacial score (nSPS) is 40.2. The van der Waals surface area contributed by atoms with Crippen molar-refractivity contribution < 1.29 is 9.90 Å². The Kier molecular flexibility index (Phi) is 2.65. The van der Waals surface area contributed by atoms with Crippen molar-refractivity contribution in [2.24, 2.45) is 11.3 Å². The number of nitrogens with one attached hydrogen (secondary N) is 1. The minimum Gasteiger partial charge on any atom is -0.393 e. The first-order valence-corrected chi connectivity index (χ1v) is 8.02. The van der Waals surface area contributed by atoms with Crippen molar-refractivity contribution >= 4 is 5.78 Å². The predicted molar refractivity (Wildman–Crippen MR) is 77.0 cm³/mol. The molecular formula is C17H23NO2. The molecule has 0 aromatic rings. The number of rotatable bonds is 0. The minimum atomic E-state index is -0.155. The highest BCUT2D eigenvalue weighted by Crippen LogP contribution is 2.57. The molecule has 0 radical (unpaired) electrons. The third-order valence-electron chi connectivity index (χ3n) is 6.23. The molecule has 0 bridgehead atoms. The molecule has 108 valence electrons. The van der Waals surface area contributed by atoms with Crippen molar-refractivity contribution in [3.05, 3.63) is 22.4 Å². The summed E-state index contributed by atoms with van der Waals surface area (Å²) in [4.78, 5) is 12.3. The zero-order chi connectivity index (χ0) is 13.9. The maximum absolute atomic E-state index is 12.3. The van der Waals surface area contributed by atoms with E-state index in [1.807, 2.05) is 0 Å². The smallest absolute Gasteiger partial charge is 0.166 e. The molecule has 0 saturated heterocycles. The van der Waals surface area contributed by atoms with Gasteiger partial charge in [0, 0.05) is 29.7 Å². The Bertz CT molecular complexity index is 545. The third kappa shape index (κ3) is 1.53. The number of carbonyl (C=O) groups is 1. The number of ketones is 1. The Morgan fingerprint density at radius 1 is 1.20 bits per heavy atom. The van der Waals surface area contributed by atoms with E-state index in [0.717, 1.165) is 50.6 Å². The molecule has 0 amide bonds. The molecule has 1 aliphatic heterocycles. The van der Waals surface area contributed by atoms with Crippen LogP contribution in [0.25, 0.3) is 0 Å². The van der Waals surface area contributed by atoms with Gasteiger partial charge in [-0.15, -0.1) is 0 Å². The van der Waals surface area contributed by atoms with Crippen LogP contribution in [0.15, 0.2) is 22.4 Å². The van der Waals surface area contributed by atoms with Gasteiger partial charge in [-0.25, -0.2) is 0 Å². The zero-order valence-corrected chi connectivity index (χ0v) is 12.2. The molecule has 0 aromatic heterocycles. The zero-order valence-electron chi connectivity index (χ0n) is 12.2. The molecule has 3 atom stereocenters. The van der Waals surface area contributed by atoms with E-state index in [0.29, 0.717) is 18.1 Å². The van der Waals surface area contributed by atoms with Crippen molar-refractivity contribution in [2.75, 3.05) is 6.54 Å². The molecule has 4 aliphatic rings. The van der Waals surface area contributed by atoms with E-state index in [9.17, 15) is 9.90 Å². The topological polar surface area (TPSA) is 49.3 Å². The van der Waals surface area contributed by atoms with Gasteiger partial charge in [0.15, 0.2) is 5.78 Å². The lowest BCUT2D eigenvalue weighted by molar-refractivity contribution is -0.115. The van der Waals surface area contributed by atoms with Crippen LogP contribution in [-0.4, -0.2) is 23.5 Å². The molecule has 3 aliphatic carbocycles. The number of allylic oxidation sites excluding steroid dienone is 4. The van der Waals surface area contributed by atoms with Crippen LogP contribution in [0.2, 0.25) is 0 Å².